The van der Waals surface area contributed by atoms with Crippen molar-refractivity contribution in [3.8, 4) is 0 Å². The molecule has 1 aromatic rings. The van der Waals surface area contributed by atoms with Gasteiger partial charge in [0, 0.05) is 18.8 Å². The Balaban J connectivity index is 1.57. The van der Waals surface area contributed by atoms with Crippen LogP contribution in [0.2, 0.25) is 0 Å². The molecule has 2 aliphatic rings. The molecule has 124 valence electrons. The highest BCUT2D eigenvalue weighted by molar-refractivity contribution is 7.88. The lowest BCUT2D eigenvalue weighted by Crippen LogP contribution is -2.29. The molecule has 22 heavy (non-hydrogen) atoms. The summed E-state index contributed by atoms with van der Waals surface area (Å²) >= 11 is 0. The maximum Gasteiger partial charge on any atom is 0.208 e. The third-order valence-electron chi connectivity index (χ3n) is 4.64. The van der Waals surface area contributed by atoms with Crippen LogP contribution in [0, 0.1) is 0 Å². The molecule has 0 spiro atoms. The fourth-order valence-corrected chi connectivity index (χ4v) is 4.09. The first-order valence-electron chi connectivity index (χ1n) is 8.29. The van der Waals surface area contributed by atoms with Gasteiger partial charge < -0.3 is 4.98 Å². The lowest BCUT2D eigenvalue weighted by atomic mass is 10.0. The maximum atomic E-state index is 11.1. The molecule has 0 unspecified atom stereocenters. The smallest absolute Gasteiger partial charge is 0.208 e. The molecule has 3 rings (SSSR count). The summed E-state index contributed by atoms with van der Waals surface area (Å²) in [5.74, 6) is 1.13. The zero-order chi connectivity index (χ0) is 15.6. The van der Waals surface area contributed by atoms with E-state index in [4.69, 9.17) is 4.98 Å². The Kier molecular flexibility index (Phi) is 4.84. The first kappa shape index (κ1) is 16.0. The molecule has 2 heterocycles. The van der Waals surface area contributed by atoms with Gasteiger partial charge >= 0.3 is 0 Å². The number of imidazole rings is 1. The highest BCUT2D eigenvalue weighted by atomic mass is 32.2. The third kappa shape index (κ3) is 3.88. The molecule has 1 aliphatic heterocycles. The Morgan fingerprint density at radius 1 is 1.32 bits per heavy atom. The highest BCUT2D eigenvalue weighted by Gasteiger charge is 2.29. The number of nitrogens with one attached hydrogen (secondary N) is 2. The molecule has 1 saturated heterocycles. The van der Waals surface area contributed by atoms with Crippen molar-refractivity contribution < 1.29 is 8.42 Å². The first-order valence-corrected chi connectivity index (χ1v) is 10.2. The molecular weight excluding hydrogens is 300 g/mol. The van der Waals surface area contributed by atoms with Crippen molar-refractivity contribution in [2.75, 3.05) is 25.9 Å². The standard InChI is InChI=1S/C15H26N4O2S/c1-22(20,21)16-9-5-11-19-10-4-8-14(19)15-17-12-6-2-3-7-13(12)18-15/h14,16H,2-11H2,1H3,(H,17,18)/t14-/m1/s1. The highest BCUT2D eigenvalue weighted by Crippen LogP contribution is 2.32. The second-order valence-corrected chi connectivity index (χ2v) is 8.30. The van der Waals surface area contributed by atoms with Gasteiger partial charge in [0.05, 0.1) is 18.0 Å². The SMILES string of the molecule is CS(=O)(=O)NCCCN1CCC[C@@H]1c1nc2c([nH]1)CCCC2. The van der Waals surface area contributed by atoms with Gasteiger partial charge in [0.25, 0.3) is 0 Å². The zero-order valence-electron chi connectivity index (χ0n) is 13.3. The predicted molar refractivity (Wildman–Crippen MR) is 86.2 cm³/mol. The molecule has 6 nitrogen and oxygen atoms in total. The van der Waals surface area contributed by atoms with Crippen molar-refractivity contribution in [2.24, 2.45) is 0 Å². The summed E-state index contributed by atoms with van der Waals surface area (Å²) in [7, 11) is -3.07. The number of sulfonamides is 1. The number of nitrogens with zero attached hydrogens (tertiary/aromatic N) is 2. The lowest BCUT2D eigenvalue weighted by Gasteiger charge is -2.22. The van der Waals surface area contributed by atoms with E-state index in [1.165, 1.54) is 36.9 Å². The van der Waals surface area contributed by atoms with E-state index in [0.29, 0.717) is 12.6 Å². The summed E-state index contributed by atoms with van der Waals surface area (Å²) in [6, 6.07) is 0.379. The molecule has 1 fully saturated rings. The number of fused-ring (bicyclic) bond motifs is 1. The monoisotopic (exact) mass is 326 g/mol. The molecule has 7 heteroatoms. The Labute approximate surface area is 132 Å². The number of H-pyrrole nitrogens is 1. The number of hydrogen-bond acceptors (Lipinski definition) is 4. The largest absolute Gasteiger partial charge is 0.344 e. The Hall–Kier alpha value is -0.920. The average molecular weight is 326 g/mol. The lowest BCUT2D eigenvalue weighted by molar-refractivity contribution is 0.247. The minimum absolute atomic E-state index is 0.379. The molecule has 1 aromatic heterocycles. The topological polar surface area (TPSA) is 78.1 Å². The number of aromatic nitrogens is 2. The first-order chi connectivity index (χ1) is 10.5. The zero-order valence-corrected chi connectivity index (χ0v) is 14.1. The van der Waals surface area contributed by atoms with E-state index in [9.17, 15) is 8.42 Å². The van der Waals surface area contributed by atoms with Gasteiger partial charge in [-0.25, -0.2) is 18.1 Å². The van der Waals surface area contributed by atoms with E-state index in [-0.39, 0.29) is 0 Å². The van der Waals surface area contributed by atoms with E-state index in [1.54, 1.807) is 0 Å². The Morgan fingerprint density at radius 3 is 2.91 bits per heavy atom. The molecule has 0 radical (unpaired) electrons. The van der Waals surface area contributed by atoms with Gasteiger partial charge in [-0.2, -0.15) is 0 Å². The summed E-state index contributed by atoms with van der Waals surface area (Å²) in [5, 5.41) is 0. The Bertz CT molecular complexity index is 588. The van der Waals surface area contributed by atoms with Crippen molar-refractivity contribution >= 4 is 10.0 Å². The normalized spacial score (nSPS) is 22.9. The molecule has 2 N–H and O–H groups in total. The van der Waals surface area contributed by atoms with Crippen LogP contribution >= 0.6 is 0 Å². The summed E-state index contributed by atoms with van der Waals surface area (Å²) in [6.07, 6.45) is 9.14. The second-order valence-electron chi connectivity index (χ2n) is 6.47. The van der Waals surface area contributed by atoms with E-state index >= 15 is 0 Å². The maximum absolute atomic E-state index is 11.1. The van der Waals surface area contributed by atoms with Gasteiger partial charge in [-0.15, -0.1) is 0 Å². The summed E-state index contributed by atoms with van der Waals surface area (Å²) in [4.78, 5) is 10.8. The van der Waals surface area contributed by atoms with Crippen molar-refractivity contribution in [3.05, 3.63) is 17.2 Å². The number of rotatable bonds is 6. The van der Waals surface area contributed by atoms with Crippen LogP contribution in [0.1, 0.15) is 55.4 Å². The molecule has 0 aromatic carbocycles. The molecule has 1 aliphatic carbocycles. The second kappa shape index (κ2) is 6.68. The van der Waals surface area contributed by atoms with Crippen LogP contribution in [0.4, 0.5) is 0 Å². The fraction of sp³-hybridized carbons (Fsp3) is 0.800. The molecular formula is C15H26N4O2S. The van der Waals surface area contributed by atoms with E-state index in [0.717, 1.165) is 44.6 Å². The van der Waals surface area contributed by atoms with Crippen molar-refractivity contribution in [3.63, 3.8) is 0 Å². The van der Waals surface area contributed by atoms with Gasteiger partial charge in [-0.05, 0) is 51.5 Å². The minimum Gasteiger partial charge on any atom is -0.344 e. The van der Waals surface area contributed by atoms with E-state index in [1.807, 2.05) is 0 Å². The van der Waals surface area contributed by atoms with E-state index in [2.05, 4.69) is 14.6 Å². The van der Waals surface area contributed by atoms with Crippen LogP contribution in [0.15, 0.2) is 0 Å². The van der Waals surface area contributed by atoms with Crippen LogP contribution in [0.3, 0.4) is 0 Å². The fourth-order valence-electron chi connectivity index (χ4n) is 3.58. The van der Waals surface area contributed by atoms with Gasteiger partial charge in [-0.3, -0.25) is 4.90 Å². The summed E-state index contributed by atoms with van der Waals surface area (Å²) in [6.45, 7) is 2.50. The van der Waals surface area contributed by atoms with Crippen molar-refractivity contribution in [1.29, 1.82) is 0 Å². The quantitative estimate of drug-likeness (QED) is 0.774. The van der Waals surface area contributed by atoms with Crippen LogP contribution in [-0.2, 0) is 22.9 Å². The van der Waals surface area contributed by atoms with Crippen molar-refractivity contribution in [1.82, 2.24) is 19.6 Å². The number of likely N-dealkylation sites (tertiary alicyclic amines) is 1. The number of aryl methyl sites for hydroxylation is 2. The van der Waals surface area contributed by atoms with Crippen LogP contribution < -0.4 is 4.72 Å². The van der Waals surface area contributed by atoms with Crippen LogP contribution in [-0.4, -0.2) is 49.2 Å². The third-order valence-corrected chi connectivity index (χ3v) is 5.37. The van der Waals surface area contributed by atoms with Gasteiger partial charge in [0.1, 0.15) is 5.82 Å². The van der Waals surface area contributed by atoms with Gasteiger partial charge in [0.15, 0.2) is 0 Å². The number of hydrogen-bond donors (Lipinski definition) is 2. The Morgan fingerprint density at radius 2 is 2.14 bits per heavy atom. The molecule has 1 atom stereocenters. The van der Waals surface area contributed by atoms with Crippen molar-refractivity contribution in [2.45, 2.75) is 51.0 Å². The molecule has 0 saturated carbocycles. The molecule has 0 amide bonds. The van der Waals surface area contributed by atoms with Crippen LogP contribution in [0.5, 0.6) is 0 Å². The summed E-state index contributed by atoms with van der Waals surface area (Å²) in [5.41, 5.74) is 2.61. The van der Waals surface area contributed by atoms with Crippen LogP contribution in [0.25, 0.3) is 0 Å². The average Bonchev–Trinajstić information content (AvgIpc) is 3.08. The summed E-state index contributed by atoms with van der Waals surface area (Å²) < 4.78 is 24.7. The molecule has 0 bridgehead atoms. The minimum atomic E-state index is -3.07. The van der Waals surface area contributed by atoms with Gasteiger partial charge in [-0.1, -0.05) is 0 Å². The number of aromatic amines is 1. The van der Waals surface area contributed by atoms with Gasteiger partial charge in [0.2, 0.25) is 10.0 Å². The predicted octanol–water partition coefficient (Wildman–Crippen LogP) is 1.36. The van der Waals surface area contributed by atoms with E-state index < -0.39 is 10.0 Å².